The summed E-state index contributed by atoms with van der Waals surface area (Å²) >= 11 is 0. The van der Waals surface area contributed by atoms with Gasteiger partial charge in [-0.15, -0.1) is 0 Å². The molecule has 0 aromatic carbocycles. The van der Waals surface area contributed by atoms with Crippen molar-refractivity contribution in [3.05, 3.63) is 0 Å². The second kappa shape index (κ2) is 3.56. The normalized spacial score (nSPS) is 42.5. The van der Waals surface area contributed by atoms with Crippen molar-refractivity contribution in [1.82, 2.24) is 5.01 Å². The molecule has 0 aliphatic carbocycles. The molecule has 0 amide bonds. The van der Waals surface area contributed by atoms with Gasteiger partial charge in [0.25, 0.3) is 0 Å². The molecule has 3 nitrogen and oxygen atoms in total. The molecule has 2 rings (SSSR count). The molecule has 0 aromatic heterocycles. The van der Waals surface area contributed by atoms with Gasteiger partial charge in [0.2, 0.25) is 0 Å². The van der Waals surface area contributed by atoms with Crippen LogP contribution in [0.4, 0.5) is 0 Å². The molecule has 2 N–H and O–H groups in total. The minimum absolute atomic E-state index is 0.102. The molecule has 2 atom stereocenters. The summed E-state index contributed by atoms with van der Waals surface area (Å²) in [6.45, 7) is 5.14. The average molecular weight is 184 g/mol. The number of rotatable bonds is 0. The first-order valence-corrected chi connectivity index (χ1v) is 5.34. The van der Waals surface area contributed by atoms with E-state index in [4.69, 9.17) is 10.6 Å². The molecular formula is C10H20N2O. The molecule has 3 heteroatoms. The van der Waals surface area contributed by atoms with Crippen LogP contribution in [0, 0.1) is 5.92 Å². The Bertz CT molecular complexity index is 166. The van der Waals surface area contributed by atoms with Gasteiger partial charge in [-0.3, -0.25) is 5.84 Å². The van der Waals surface area contributed by atoms with Gasteiger partial charge in [0.15, 0.2) is 0 Å². The number of hydrazine groups is 1. The van der Waals surface area contributed by atoms with E-state index in [1.165, 1.54) is 25.7 Å². The maximum atomic E-state index is 5.93. The van der Waals surface area contributed by atoms with Crippen LogP contribution >= 0.6 is 0 Å². The van der Waals surface area contributed by atoms with Crippen molar-refractivity contribution < 1.29 is 4.74 Å². The quantitative estimate of drug-likeness (QED) is 0.574. The van der Waals surface area contributed by atoms with Crippen molar-refractivity contribution in [2.45, 2.75) is 38.2 Å². The molecule has 2 heterocycles. The summed E-state index contributed by atoms with van der Waals surface area (Å²) < 4.78 is 5.93. The molecule has 13 heavy (non-hydrogen) atoms. The average Bonchev–Trinajstić information content (AvgIpc) is 2.02. The van der Waals surface area contributed by atoms with E-state index in [0.29, 0.717) is 5.92 Å². The fourth-order valence-electron chi connectivity index (χ4n) is 2.79. The van der Waals surface area contributed by atoms with E-state index < -0.39 is 0 Å². The van der Waals surface area contributed by atoms with Crippen LogP contribution in [-0.2, 0) is 4.74 Å². The summed E-state index contributed by atoms with van der Waals surface area (Å²) in [7, 11) is 0. The van der Waals surface area contributed by atoms with E-state index in [1.807, 2.05) is 5.01 Å². The predicted molar refractivity (Wildman–Crippen MR) is 52.1 cm³/mol. The molecular weight excluding hydrogens is 164 g/mol. The predicted octanol–water partition coefficient (Wildman–Crippen LogP) is 1.14. The van der Waals surface area contributed by atoms with Crippen LogP contribution in [0.15, 0.2) is 0 Å². The highest BCUT2D eigenvalue weighted by atomic mass is 16.5. The van der Waals surface area contributed by atoms with Gasteiger partial charge in [-0.2, -0.15) is 0 Å². The van der Waals surface area contributed by atoms with E-state index in [1.54, 1.807) is 0 Å². The lowest BCUT2D eigenvalue weighted by atomic mass is 9.82. The molecule has 2 fully saturated rings. The summed E-state index contributed by atoms with van der Waals surface area (Å²) in [6, 6.07) is 0. The zero-order valence-corrected chi connectivity index (χ0v) is 8.46. The van der Waals surface area contributed by atoms with Gasteiger partial charge in [0.05, 0.1) is 5.60 Å². The molecule has 0 radical (unpaired) electrons. The summed E-state index contributed by atoms with van der Waals surface area (Å²) in [5.74, 6) is 6.56. The largest absolute Gasteiger partial charge is 0.374 e. The van der Waals surface area contributed by atoms with Gasteiger partial charge in [0, 0.05) is 19.7 Å². The van der Waals surface area contributed by atoms with Crippen molar-refractivity contribution in [2.24, 2.45) is 11.8 Å². The van der Waals surface area contributed by atoms with E-state index in [9.17, 15) is 0 Å². The van der Waals surface area contributed by atoms with Crippen molar-refractivity contribution >= 4 is 0 Å². The van der Waals surface area contributed by atoms with Crippen LogP contribution in [0.1, 0.15) is 32.6 Å². The Morgan fingerprint density at radius 3 is 2.92 bits per heavy atom. The molecule has 2 aliphatic rings. The van der Waals surface area contributed by atoms with E-state index in [0.717, 1.165) is 19.7 Å². The molecule has 2 saturated heterocycles. The van der Waals surface area contributed by atoms with Gasteiger partial charge in [0.1, 0.15) is 0 Å². The van der Waals surface area contributed by atoms with Crippen molar-refractivity contribution in [1.29, 1.82) is 0 Å². The van der Waals surface area contributed by atoms with Crippen LogP contribution in [0.2, 0.25) is 0 Å². The van der Waals surface area contributed by atoms with Crippen LogP contribution in [-0.4, -0.2) is 30.3 Å². The molecule has 0 bridgehead atoms. The minimum Gasteiger partial charge on any atom is -0.374 e. The highest BCUT2D eigenvalue weighted by Gasteiger charge is 2.39. The lowest BCUT2D eigenvalue weighted by Gasteiger charge is -2.45. The first kappa shape index (κ1) is 9.44. The number of nitrogens with zero attached hydrogens (tertiary/aromatic N) is 1. The Kier molecular flexibility index (Phi) is 2.58. The fourth-order valence-corrected chi connectivity index (χ4v) is 2.79. The summed E-state index contributed by atoms with van der Waals surface area (Å²) in [6.07, 6.45) is 4.92. The van der Waals surface area contributed by atoms with Gasteiger partial charge in [-0.05, 0) is 31.6 Å². The third-order valence-corrected chi connectivity index (χ3v) is 3.19. The van der Waals surface area contributed by atoms with E-state index in [2.05, 4.69) is 6.92 Å². The van der Waals surface area contributed by atoms with Crippen LogP contribution < -0.4 is 5.84 Å². The molecule has 1 spiro atoms. The number of nitrogens with two attached hydrogens (primary N) is 1. The van der Waals surface area contributed by atoms with Gasteiger partial charge < -0.3 is 4.74 Å². The topological polar surface area (TPSA) is 38.5 Å². The van der Waals surface area contributed by atoms with Crippen molar-refractivity contribution in [2.75, 3.05) is 19.7 Å². The van der Waals surface area contributed by atoms with Crippen LogP contribution in [0.5, 0.6) is 0 Å². The zero-order valence-electron chi connectivity index (χ0n) is 8.46. The van der Waals surface area contributed by atoms with Crippen molar-refractivity contribution in [3.8, 4) is 0 Å². The third-order valence-electron chi connectivity index (χ3n) is 3.19. The summed E-state index contributed by atoms with van der Waals surface area (Å²) in [5, 5.41) is 1.93. The van der Waals surface area contributed by atoms with Crippen molar-refractivity contribution in [3.63, 3.8) is 0 Å². The second-order valence-corrected chi connectivity index (χ2v) is 4.73. The first-order chi connectivity index (χ1) is 6.20. The monoisotopic (exact) mass is 184 g/mol. The Hall–Kier alpha value is -0.120. The molecule has 0 saturated carbocycles. The van der Waals surface area contributed by atoms with Crippen LogP contribution in [0.3, 0.4) is 0 Å². The Morgan fingerprint density at radius 1 is 1.46 bits per heavy atom. The van der Waals surface area contributed by atoms with E-state index >= 15 is 0 Å². The smallest absolute Gasteiger partial charge is 0.0825 e. The Labute approximate surface area is 80.2 Å². The molecule has 2 unspecified atom stereocenters. The zero-order chi connectivity index (χ0) is 9.31. The third kappa shape index (κ3) is 2.03. The Morgan fingerprint density at radius 2 is 2.31 bits per heavy atom. The minimum atomic E-state index is 0.102. The maximum absolute atomic E-state index is 5.93. The number of hydrogen-bond acceptors (Lipinski definition) is 3. The maximum Gasteiger partial charge on any atom is 0.0825 e. The second-order valence-electron chi connectivity index (χ2n) is 4.73. The number of ether oxygens (including phenoxy) is 1. The standard InChI is InChI=1S/C10H20N2O/c1-9-6-10(8-12(11)7-9)4-2-3-5-13-10/h9H,2-8,11H2,1H3. The number of hydrogen-bond donors (Lipinski definition) is 1. The van der Waals surface area contributed by atoms with Gasteiger partial charge in [-0.1, -0.05) is 6.92 Å². The van der Waals surface area contributed by atoms with E-state index in [-0.39, 0.29) is 5.60 Å². The lowest BCUT2D eigenvalue weighted by molar-refractivity contribution is -0.128. The van der Waals surface area contributed by atoms with Gasteiger partial charge >= 0.3 is 0 Å². The first-order valence-electron chi connectivity index (χ1n) is 5.34. The van der Waals surface area contributed by atoms with Crippen LogP contribution in [0.25, 0.3) is 0 Å². The highest BCUT2D eigenvalue weighted by Crippen LogP contribution is 2.34. The Balaban J connectivity index is 2.02. The summed E-state index contributed by atoms with van der Waals surface area (Å²) in [5.41, 5.74) is 0.102. The summed E-state index contributed by atoms with van der Waals surface area (Å²) in [4.78, 5) is 0. The molecule has 0 aromatic rings. The molecule has 76 valence electrons. The molecule has 2 aliphatic heterocycles. The number of piperidine rings is 1. The SMILES string of the molecule is CC1CN(N)CC2(CCCCO2)C1. The lowest BCUT2D eigenvalue weighted by Crippen LogP contribution is -2.56. The fraction of sp³-hybridized carbons (Fsp3) is 1.00. The highest BCUT2D eigenvalue weighted by molar-refractivity contribution is 4.91. The van der Waals surface area contributed by atoms with Gasteiger partial charge in [-0.25, -0.2) is 5.01 Å².